The molecule has 2 rings (SSSR count). The van der Waals surface area contributed by atoms with Gasteiger partial charge >= 0.3 is 0 Å². The van der Waals surface area contributed by atoms with Crippen LogP contribution in [0, 0.1) is 13.8 Å². The third-order valence-electron chi connectivity index (χ3n) is 3.24. The highest BCUT2D eigenvalue weighted by atomic mass is 16.5. The highest BCUT2D eigenvalue weighted by Gasteiger charge is 2.04. The number of hydrazone groups is 1. The first-order chi connectivity index (χ1) is 10.1. The lowest BCUT2D eigenvalue weighted by Gasteiger charge is -2.03. The first kappa shape index (κ1) is 14.8. The summed E-state index contributed by atoms with van der Waals surface area (Å²) in [6.07, 6.45) is 1.63. The van der Waals surface area contributed by atoms with Gasteiger partial charge in [0, 0.05) is 5.56 Å². The van der Waals surface area contributed by atoms with Crippen LogP contribution in [-0.2, 0) is 0 Å². The van der Waals surface area contributed by atoms with Gasteiger partial charge in [-0.1, -0.05) is 24.3 Å². The van der Waals surface area contributed by atoms with Crippen molar-refractivity contribution in [2.24, 2.45) is 5.10 Å². The van der Waals surface area contributed by atoms with Crippen molar-refractivity contribution in [1.82, 2.24) is 5.43 Å². The molecule has 0 aliphatic rings. The van der Waals surface area contributed by atoms with Crippen molar-refractivity contribution in [3.05, 3.63) is 64.7 Å². The molecule has 0 atom stereocenters. The standard InChI is InChI=1S/C17H18N2O2/c1-12-7-8-14(9-13(12)2)11-18-19-17(20)15-5-4-6-16(10-15)21-3/h4-11H,1-3H3,(H,19,20)/b18-11-. The van der Waals surface area contributed by atoms with Crippen molar-refractivity contribution in [3.8, 4) is 5.75 Å². The van der Waals surface area contributed by atoms with Crippen molar-refractivity contribution in [3.63, 3.8) is 0 Å². The molecule has 0 saturated heterocycles. The van der Waals surface area contributed by atoms with Crippen LogP contribution in [0.1, 0.15) is 27.0 Å². The van der Waals surface area contributed by atoms with E-state index in [0.717, 1.165) is 5.56 Å². The molecule has 108 valence electrons. The molecule has 0 heterocycles. The summed E-state index contributed by atoms with van der Waals surface area (Å²) in [5, 5.41) is 3.98. The second-order valence-corrected chi connectivity index (χ2v) is 4.77. The third-order valence-corrected chi connectivity index (χ3v) is 3.24. The van der Waals surface area contributed by atoms with Gasteiger partial charge < -0.3 is 4.74 Å². The molecular weight excluding hydrogens is 264 g/mol. The first-order valence-corrected chi connectivity index (χ1v) is 6.65. The van der Waals surface area contributed by atoms with Gasteiger partial charge in [0.1, 0.15) is 5.75 Å². The summed E-state index contributed by atoms with van der Waals surface area (Å²) in [5.74, 6) is 0.370. The largest absolute Gasteiger partial charge is 0.497 e. The quantitative estimate of drug-likeness (QED) is 0.692. The van der Waals surface area contributed by atoms with E-state index in [-0.39, 0.29) is 5.91 Å². The number of amides is 1. The summed E-state index contributed by atoms with van der Waals surface area (Å²) in [7, 11) is 1.56. The highest BCUT2D eigenvalue weighted by molar-refractivity contribution is 5.95. The van der Waals surface area contributed by atoms with Crippen LogP contribution in [-0.4, -0.2) is 19.2 Å². The molecule has 0 bridgehead atoms. The lowest BCUT2D eigenvalue weighted by atomic mass is 10.1. The van der Waals surface area contributed by atoms with E-state index in [9.17, 15) is 4.79 Å². The molecule has 0 fully saturated rings. The van der Waals surface area contributed by atoms with Crippen LogP contribution < -0.4 is 10.2 Å². The Kier molecular flexibility index (Phi) is 4.72. The van der Waals surface area contributed by atoms with E-state index < -0.39 is 0 Å². The van der Waals surface area contributed by atoms with Crippen LogP contribution >= 0.6 is 0 Å². The van der Waals surface area contributed by atoms with E-state index in [1.807, 2.05) is 25.1 Å². The molecule has 0 saturated carbocycles. The lowest BCUT2D eigenvalue weighted by Crippen LogP contribution is -2.17. The average Bonchev–Trinajstić information content (AvgIpc) is 2.50. The normalized spacial score (nSPS) is 10.6. The van der Waals surface area contributed by atoms with Gasteiger partial charge in [-0.15, -0.1) is 0 Å². The SMILES string of the molecule is COc1cccc(C(=O)N/N=C\c2ccc(C)c(C)c2)c1. The molecule has 2 aromatic carbocycles. The second-order valence-electron chi connectivity index (χ2n) is 4.77. The average molecular weight is 282 g/mol. The van der Waals surface area contributed by atoms with Gasteiger partial charge in [-0.3, -0.25) is 4.79 Å². The van der Waals surface area contributed by atoms with Gasteiger partial charge in [-0.2, -0.15) is 5.10 Å². The molecule has 4 heteroatoms. The van der Waals surface area contributed by atoms with Gasteiger partial charge in [-0.25, -0.2) is 5.43 Å². The Labute approximate surface area is 124 Å². The molecule has 0 radical (unpaired) electrons. The Hall–Kier alpha value is -2.62. The van der Waals surface area contributed by atoms with Crippen molar-refractivity contribution >= 4 is 12.1 Å². The van der Waals surface area contributed by atoms with E-state index in [1.54, 1.807) is 37.6 Å². The van der Waals surface area contributed by atoms with E-state index in [2.05, 4.69) is 17.5 Å². The molecule has 2 aromatic rings. The van der Waals surface area contributed by atoms with Crippen LogP contribution in [0.15, 0.2) is 47.6 Å². The Morgan fingerprint density at radius 1 is 1.14 bits per heavy atom. The summed E-state index contributed by atoms with van der Waals surface area (Å²) in [6, 6.07) is 12.9. The lowest BCUT2D eigenvalue weighted by molar-refractivity contribution is 0.0955. The maximum Gasteiger partial charge on any atom is 0.271 e. The van der Waals surface area contributed by atoms with E-state index >= 15 is 0 Å². The van der Waals surface area contributed by atoms with Crippen LogP contribution in [0.3, 0.4) is 0 Å². The molecule has 0 aromatic heterocycles. The molecule has 0 unspecified atom stereocenters. The van der Waals surface area contributed by atoms with Crippen LogP contribution in [0.2, 0.25) is 0 Å². The molecule has 4 nitrogen and oxygen atoms in total. The number of nitrogens with one attached hydrogen (secondary N) is 1. The van der Waals surface area contributed by atoms with E-state index in [1.165, 1.54) is 11.1 Å². The smallest absolute Gasteiger partial charge is 0.271 e. The fourth-order valence-electron chi connectivity index (χ4n) is 1.84. The second kappa shape index (κ2) is 6.70. The first-order valence-electron chi connectivity index (χ1n) is 6.65. The fourth-order valence-corrected chi connectivity index (χ4v) is 1.84. The maximum atomic E-state index is 11.9. The summed E-state index contributed by atoms with van der Waals surface area (Å²) < 4.78 is 5.08. The zero-order valence-corrected chi connectivity index (χ0v) is 12.4. The van der Waals surface area contributed by atoms with Crippen molar-refractivity contribution in [1.29, 1.82) is 0 Å². The number of hydrogen-bond donors (Lipinski definition) is 1. The minimum atomic E-state index is -0.269. The zero-order chi connectivity index (χ0) is 15.2. The number of carbonyl (C=O) groups is 1. The van der Waals surface area contributed by atoms with E-state index in [4.69, 9.17) is 4.74 Å². The molecule has 0 spiro atoms. The summed E-state index contributed by atoms with van der Waals surface area (Å²) in [6.45, 7) is 4.10. The Balaban J connectivity index is 2.02. The van der Waals surface area contributed by atoms with Gasteiger partial charge in [0.25, 0.3) is 5.91 Å². The zero-order valence-electron chi connectivity index (χ0n) is 12.4. The van der Waals surface area contributed by atoms with Gasteiger partial charge in [0.15, 0.2) is 0 Å². The third kappa shape index (κ3) is 3.92. The molecule has 0 aliphatic heterocycles. The fraction of sp³-hybridized carbons (Fsp3) is 0.176. The maximum absolute atomic E-state index is 11.9. The summed E-state index contributed by atoms with van der Waals surface area (Å²) >= 11 is 0. The molecule has 0 aliphatic carbocycles. The van der Waals surface area contributed by atoms with Crippen LogP contribution in [0.4, 0.5) is 0 Å². The van der Waals surface area contributed by atoms with Gasteiger partial charge in [0.2, 0.25) is 0 Å². The number of carbonyl (C=O) groups excluding carboxylic acids is 1. The van der Waals surface area contributed by atoms with E-state index in [0.29, 0.717) is 11.3 Å². The molecule has 1 amide bonds. The molecular formula is C17H18N2O2. The summed E-state index contributed by atoms with van der Waals surface area (Å²) in [4.78, 5) is 11.9. The minimum Gasteiger partial charge on any atom is -0.497 e. The number of aryl methyl sites for hydroxylation is 2. The number of ether oxygens (including phenoxy) is 1. The van der Waals surface area contributed by atoms with Gasteiger partial charge in [0.05, 0.1) is 13.3 Å². The minimum absolute atomic E-state index is 0.269. The van der Waals surface area contributed by atoms with Gasteiger partial charge in [-0.05, 0) is 48.7 Å². The monoisotopic (exact) mass is 282 g/mol. The van der Waals surface area contributed by atoms with Crippen LogP contribution in [0.25, 0.3) is 0 Å². The summed E-state index contributed by atoms with van der Waals surface area (Å²) in [5.41, 5.74) is 6.38. The number of nitrogens with zero attached hydrogens (tertiary/aromatic N) is 1. The van der Waals surface area contributed by atoms with Crippen molar-refractivity contribution < 1.29 is 9.53 Å². The Morgan fingerprint density at radius 3 is 2.67 bits per heavy atom. The molecule has 21 heavy (non-hydrogen) atoms. The number of benzene rings is 2. The van der Waals surface area contributed by atoms with Crippen molar-refractivity contribution in [2.45, 2.75) is 13.8 Å². The Morgan fingerprint density at radius 2 is 1.95 bits per heavy atom. The Bertz CT molecular complexity index is 678. The van der Waals surface area contributed by atoms with Crippen LogP contribution in [0.5, 0.6) is 5.75 Å². The van der Waals surface area contributed by atoms with Crippen molar-refractivity contribution in [2.75, 3.05) is 7.11 Å². The number of rotatable bonds is 4. The number of hydrogen-bond acceptors (Lipinski definition) is 3. The predicted octanol–water partition coefficient (Wildman–Crippen LogP) is 3.08. The predicted molar refractivity (Wildman–Crippen MR) is 84.0 cm³/mol. The molecule has 1 N–H and O–H groups in total. The highest BCUT2D eigenvalue weighted by Crippen LogP contribution is 2.12. The topological polar surface area (TPSA) is 50.7 Å². The number of methoxy groups -OCH3 is 1.